The van der Waals surface area contributed by atoms with E-state index in [4.69, 9.17) is 9.47 Å². The Hall–Kier alpha value is -2.19. The number of unbranched alkanes of at least 4 members (excludes halogenated alkanes) is 3. The van der Waals surface area contributed by atoms with Crippen LogP contribution in [0.25, 0.3) is 0 Å². The predicted octanol–water partition coefficient (Wildman–Crippen LogP) is 2.99. The SMILES string of the molecule is CCCCCN1CC=C[C@]23O[C@@]4(CC)/C=C\CCCCOC(=O)[C@H]4[C@H]2C(=O)N(CCCCO)C3C1=O. The molecule has 0 bridgehead atoms. The number of esters is 1. The highest BCUT2D eigenvalue weighted by molar-refractivity contribution is 5.99. The number of nitrogens with zero attached hydrogens (tertiary/aromatic N) is 2. The second-order valence-electron chi connectivity index (χ2n) is 10.5. The van der Waals surface area contributed by atoms with Crippen LogP contribution in [0.2, 0.25) is 0 Å². The van der Waals surface area contributed by atoms with Crippen LogP contribution < -0.4 is 0 Å². The quantitative estimate of drug-likeness (QED) is 0.296. The number of amides is 2. The fourth-order valence-electron chi connectivity index (χ4n) is 6.47. The molecule has 5 atom stereocenters. The van der Waals surface area contributed by atoms with Crippen LogP contribution in [0.4, 0.5) is 0 Å². The number of fused-ring (bicyclic) bond motifs is 2. The number of ether oxygens (including phenoxy) is 2. The molecule has 0 aromatic heterocycles. The largest absolute Gasteiger partial charge is 0.465 e. The maximum absolute atomic E-state index is 14.1. The molecule has 0 radical (unpaired) electrons. The highest BCUT2D eigenvalue weighted by Gasteiger charge is 2.75. The molecular formula is C28H42N2O6. The Kier molecular flexibility index (Phi) is 8.56. The van der Waals surface area contributed by atoms with Crippen molar-refractivity contribution in [2.24, 2.45) is 11.8 Å². The Morgan fingerprint density at radius 2 is 1.78 bits per heavy atom. The average molecular weight is 503 g/mol. The summed E-state index contributed by atoms with van der Waals surface area (Å²) in [6.07, 6.45) is 15.0. The van der Waals surface area contributed by atoms with Crippen molar-refractivity contribution < 1.29 is 29.0 Å². The number of likely N-dealkylation sites (tertiary alicyclic amines) is 1. The van der Waals surface area contributed by atoms with E-state index in [2.05, 4.69) is 13.0 Å². The number of hydrogen-bond donors (Lipinski definition) is 1. The van der Waals surface area contributed by atoms with Gasteiger partial charge in [-0.25, -0.2) is 0 Å². The van der Waals surface area contributed by atoms with Gasteiger partial charge in [0.05, 0.1) is 12.5 Å². The van der Waals surface area contributed by atoms with Gasteiger partial charge in [-0.1, -0.05) is 51.0 Å². The fourth-order valence-corrected chi connectivity index (χ4v) is 6.47. The number of carbonyl (C=O) groups is 3. The molecule has 2 amide bonds. The Balaban J connectivity index is 1.79. The zero-order valence-electron chi connectivity index (χ0n) is 21.8. The van der Waals surface area contributed by atoms with Crippen molar-refractivity contribution in [3.8, 4) is 0 Å². The van der Waals surface area contributed by atoms with E-state index in [1.807, 2.05) is 30.1 Å². The van der Waals surface area contributed by atoms with Gasteiger partial charge in [0.2, 0.25) is 11.8 Å². The summed E-state index contributed by atoms with van der Waals surface area (Å²) in [5, 5.41) is 9.34. The lowest BCUT2D eigenvalue weighted by Gasteiger charge is -2.38. The number of carbonyl (C=O) groups excluding carboxylic acids is 3. The summed E-state index contributed by atoms with van der Waals surface area (Å²) in [5.41, 5.74) is -2.24. The standard InChI is InChI=1S/C28H42N2O6/c1-3-5-9-16-29-17-13-15-28-21(24(32)30(18-10-11-19-31)23(28)25(29)33)22-26(34)35-20-12-7-6-8-14-27(22,4-2)36-28/h8,13-15,21-23,31H,3-7,9-12,16-20H2,1-2H3/b14-8-/t21-,22+,23?,27-,28-/m0/s1. The average Bonchev–Trinajstić information content (AvgIpc) is 3.22. The third kappa shape index (κ3) is 4.62. The van der Waals surface area contributed by atoms with E-state index >= 15 is 0 Å². The monoisotopic (exact) mass is 502 g/mol. The van der Waals surface area contributed by atoms with Crippen LogP contribution in [0.5, 0.6) is 0 Å². The minimum atomic E-state index is -1.23. The predicted molar refractivity (Wildman–Crippen MR) is 135 cm³/mol. The summed E-state index contributed by atoms with van der Waals surface area (Å²) in [6.45, 7) is 5.85. The van der Waals surface area contributed by atoms with Gasteiger partial charge in [0.15, 0.2) is 0 Å². The third-order valence-corrected chi connectivity index (χ3v) is 8.31. The van der Waals surface area contributed by atoms with E-state index in [0.29, 0.717) is 45.5 Å². The molecule has 4 heterocycles. The van der Waals surface area contributed by atoms with Gasteiger partial charge >= 0.3 is 5.97 Å². The first-order chi connectivity index (χ1) is 17.5. The van der Waals surface area contributed by atoms with Crippen LogP contribution >= 0.6 is 0 Å². The summed E-state index contributed by atoms with van der Waals surface area (Å²) in [5.74, 6) is -2.42. The van der Waals surface area contributed by atoms with Crippen molar-refractivity contribution in [1.82, 2.24) is 9.80 Å². The van der Waals surface area contributed by atoms with Crippen LogP contribution in [-0.4, -0.2) is 82.8 Å². The Morgan fingerprint density at radius 1 is 0.972 bits per heavy atom. The number of cyclic esters (lactones) is 1. The maximum Gasteiger partial charge on any atom is 0.313 e. The highest BCUT2D eigenvalue weighted by Crippen LogP contribution is 2.58. The number of aliphatic hydroxyl groups excluding tert-OH is 1. The normalized spacial score (nSPS) is 35.2. The van der Waals surface area contributed by atoms with Crippen molar-refractivity contribution in [2.45, 2.75) is 88.9 Å². The molecule has 1 N–H and O–H groups in total. The number of aliphatic hydroxyl groups is 1. The molecule has 8 nitrogen and oxygen atoms in total. The molecule has 0 aromatic rings. The van der Waals surface area contributed by atoms with Crippen molar-refractivity contribution in [3.05, 3.63) is 24.3 Å². The molecule has 1 unspecified atom stereocenters. The van der Waals surface area contributed by atoms with Crippen LogP contribution in [0, 0.1) is 11.8 Å². The summed E-state index contributed by atoms with van der Waals surface area (Å²) >= 11 is 0. The second kappa shape index (κ2) is 11.5. The lowest BCUT2D eigenvalue weighted by atomic mass is 9.73. The first-order valence-corrected chi connectivity index (χ1v) is 13.9. The molecule has 4 rings (SSSR count). The summed E-state index contributed by atoms with van der Waals surface area (Å²) in [7, 11) is 0. The third-order valence-electron chi connectivity index (χ3n) is 8.31. The van der Waals surface area contributed by atoms with Crippen molar-refractivity contribution >= 4 is 17.8 Å². The first-order valence-electron chi connectivity index (χ1n) is 13.9. The number of hydrogen-bond acceptors (Lipinski definition) is 6. The van der Waals surface area contributed by atoms with Gasteiger partial charge in [-0.15, -0.1) is 0 Å². The van der Waals surface area contributed by atoms with Gasteiger partial charge < -0.3 is 24.4 Å². The van der Waals surface area contributed by atoms with E-state index in [0.717, 1.165) is 38.5 Å². The second-order valence-corrected chi connectivity index (χ2v) is 10.5. The topological polar surface area (TPSA) is 96.4 Å². The van der Waals surface area contributed by atoms with Crippen molar-refractivity contribution in [2.75, 3.05) is 32.8 Å². The van der Waals surface area contributed by atoms with E-state index in [1.165, 1.54) is 0 Å². The van der Waals surface area contributed by atoms with E-state index in [9.17, 15) is 19.5 Å². The van der Waals surface area contributed by atoms with Gasteiger partial charge in [0.1, 0.15) is 23.2 Å². The minimum Gasteiger partial charge on any atom is -0.465 e. The van der Waals surface area contributed by atoms with Gasteiger partial charge in [-0.3, -0.25) is 14.4 Å². The molecule has 4 aliphatic rings. The van der Waals surface area contributed by atoms with Crippen LogP contribution in [0.1, 0.15) is 71.6 Å². The maximum atomic E-state index is 14.1. The fraction of sp³-hybridized carbons (Fsp3) is 0.750. The van der Waals surface area contributed by atoms with Gasteiger partial charge in [0.25, 0.3) is 0 Å². The van der Waals surface area contributed by atoms with Gasteiger partial charge in [0, 0.05) is 26.2 Å². The summed E-state index contributed by atoms with van der Waals surface area (Å²) in [6, 6.07) is -0.837. The molecule has 1 spiro atoms. The molecular weight excluding hydrogens is 460 g/mol. The van der Waals surface area contributed by atoms with Gasteiger partial charge in [-0.05, 0) is 44.9 Å². The lowest BCUT2D eigenvalue weighted by Crippen LogP contribution is -2.56. The van der Waals surface area contributed by atoms with Crippen LogP contribution in [0.3, 0.4) is 0 Å². The molecule has 0 aliphatic carbocycles. The molecule has 36 heavy (non-hydrogen) atoms. The number of rotatable bonds is 9. The molecule has 2 fully saturated rings. The van der Waals surface area contributed by atoms with Gasteiger partial charge in [-0.2, -0.15) is 0 Å². The molecule has 0 saturated carbocycles. The molecule has 8 heteroatoms. The zero-order chi connectivity index (χ0) is 25.8. The molecule has 4 aliphatic heterocycles. The van der Waals surface area contributed by atoms with Crippen LogP contribution in [0.15, 0.2) is 24.3 Å². The Bertz CT molecular complexity index is 887. The van der Waals surface area contributed by atoms with Crippen molar-refractivity contribution in [3.63, 3.8) is 0 Å². The molecule has 200 valence electrons. The minimum absolute atomic E-state index is 0.0213. The number of allylic oxidation sites excluding steroid dienone is 1. The first kappa shape index (κ1) is 26.9. The zero-order valence-corrected chi connectivity index (χ0v) is 21.8. The smallest absolute Gasteiger partial charge is 0.313 e. The Morgan fingerprint density at radius 3 is 2.53 bits per heavy atom. The molecule has 2 saturated heterocycles. The van der Waals surface area contributed by atoms with E-state index < -0.39 is 35.0 Å². The lowest BCUT2D eigenvalue weighted by molar-refractivity contribution is -0.161. The summed E-state index contributed by atoms with van der Waals surface area (Å²) in [4.78, 5) is 45.2. The van der Waals surface area contributed by atoms with E-state index in [1.54, 1.807) is 4.90 Å². The molecule has 0 aromatic carbocycles. The summed E-state index contributed by atoms with van der Waals surface area (Å²) < 4.78 is 12.6. The van der Waals surface area contributed by atoms with Crippen LogP contribution in [-0.2, 0) is 23.9 Å². The Labute approximate surface area is 214 Å². The van der Waals surface area contributed by atoms with E-state index in [-0.39, 0.29) is 18.4 Å². The highest BCUT2D eigenvalue weighted by atomic mass is 16.6. The van der Waals surface area contributed by atoms with Crippen molar-refractivity contribution in [1.29, 1.82) is 0 Å².